The molecule has 0 unspecified atom stereocenters. The van der Waals surface area contributed by atoms with Crippen molar-refractivity contribution in [2.45, 2.75) is 13.8 Å². The topological polar surface area (TPSA) is 94.2 Å². The van der Waals surface area contributed by atoms with Crippen molar-refractivity contribution < 1.29 is 28.6 Å². The van der Waals surface area contributed by atoms with Crippen LogP contribution in [0.2, 0.25) is 0 Å². The predicted molar refractivity (Wildman–Crippen MR) is 127 cm³/mol. The van der Waals surface area contributed by atoms with E-state index in [4.69, 9.17) is 14.2 Å². The molecule has 2 aromatic rings. The molecule has 174 valence electrons. The van der Waals surface area contributed by atoms with Crippen LogP contribution in [0.4, 0.5) is 10.5 Å². The van der Waals surface area contributed by atoms with Crippen molar-refractivity contribution in [3.05, 3.63) is 58.5 Å². The Bertz CT molecular complexity index is 1070. The highest BCUT2D eigenvalue weighted by Gasteiger charge is 2.34. The molecule has 0 aliphatic carbocycles. The van der Waals surface area contributed by atoms with Gasteiger partial charge in [0.25, 0.3) is 17.1 Å². The molecule has 1 N–H and O–H groups in total. The van der Waals surface area contributed by atoms with Crippen LogP contribution < -0.4 is 14.8 Å². The maximum atomic E-state index is 12.5. The summed E-state index contributed by atoms with van der Waals surface area (Å²) in [5.74, 6) is 0.199. The number of hydrogen-bond donors (Lipinski definition) is 1. The van der Waals surface area contributed by atoms with Crippen LogP contribution in [0.25, 0.3) is 6.08 Å². The molecule has 33 heavy (non-hydrogen) atoms. The zero-order chi connectivity index (χ0) is 23.8. The fourth-order valence-electron chi connectivity index (χ4n) is 3.07. The smallest absolute Gasteiger partial charge is 0.293 e. The number of nitrogens with one attached hydrogen (secondary N) is 1. The molecule has 9 heteroatoms. The molecule has 0 spiro atoms. The molecule has 0 saturated carbocycles. The number of nitrogens with zero attached hydrogens (tertiary/aromatic N) is 1. The number of carbonyl (C=O) groups is 3. The predicted octanol–water partition coefficient (Wildman–Crippen LogP) is 4.09. The maximum absolute atomic E-state index is 12.5. The second kappa shape index (κ2) is 11.5. The molecule has 0 atom stereocenters. The van der Waals surface area contributed by atoms with Crippen molar-refractivity contribution in [3.8, 4) is 11.5 Å². The first-order chi connectivity index (χ1) is 15.9. The SMILES string of the molecule is CCOc1cc(/C=C2\SC(=O)N(CCOC)C2=O)ccc1OCC(=O)Nc1ccccc1C. The van der Waals surface area contributed by atoms with Crippen LogP contribution in [0, 0.1) is 6.92 Å². The van der Waals surface area contributed by atoms with E-state index in [0.717, 1.165) is 27.9 Å². The number of imide groups is 1. The minimum Gasteiger partial charge on any atom is -0.490 e. The third-order valence-corrected chi connectivity index (χ3v) is 5.64. The van der Waals surface area contributed by atoms with Crippen molar-refractivity contribution in [1.82, 2.24) is 4.90 Å². The maximum Gasteiger partial charge on any atom is 0.293 e. The lowest BCUT2D eigenvalue weighted by atomic mass is 10.2. The number of para-hydroxylation sites is 1. The lowest BCUT2D eigenvalue weighted by molar-refractivity contribution is -0.123. The summed E-state index contributed by atoms with van der Waals surface area (Å²) in [6.07, 6.45) is 1.63. The lowest BCUT2D eigenvalue weighted by Crippen LogP contribution is -2.31. The molecule has 0 aromatic heterocycles. The van der Waals surface area contributed by atoms with Crippen LogP contribution >= 0.6 is 11.8 Å². The summed E-state index contributed by atoms with van der Waals surface area (Å²) in [5, 5.41) is 2.49. The van der Waals surface area contributed by atoms with Crippen molar-refractivity contribution in [2.24, 2.45) is 0 Å². The Hall–Kier alpha value is -3.30. The standard InChI is InChI=1S/C24H26N2O6S/c1-4-31-20-13-17(14-21-23(28)26(11-12-30-3)24(29)33-21)9-10-19(20)32-15-22(27)25-18-8-6-5-7-16(18)2/h5-10,13-14H,4,11-12,15H2,1-3H3,(H,25,27)/b21-14-. The molecular formula is C24H26N2O6S. The molecule has 3 amide bonds. The summed E-state index contributed by atoms with van der Waals surface area (Å²) in [5.41, 5.74) is 2.36. The number of carbonyl (C=O) groups excluding carboxylic acids is 3. The van der Waals surface area contributed by atoms with E-state index in [0.29, 0.717) is 28.6 Å². The quantitative estimate of drug-likeness (QED) is 0.523. The molecule has 1 heterocycles. The number of benzene rings is 2. The third-order valence-electron chi connectivity index (χ3n) is 4.74. The number of ether oxygens (including phenoxy) is 3. The van der Waals surface area contributed by atoms with Gasteiger partial charge >= 0.3 is 0 Å². The number of rotatable bonds is 10. The number of amides is 3. The molecule has 1 fully saturated rings. The summed E-state index contributed by atoms with van der Waals surface area (Å²) in [4.78, 5) is 38.4. The fraction of sp³-hybridized carbons (Fsp3) is 0.292. The molecule has 0 bridgehead atoms. The Morgan fingerprint density at radius 1 is 1.12 bits per heavy atom. The Labute approximate surface area is 196 Å². The van der Waals surface area contributed by atoms with Crippen molar-refractivity contribution in [2.75, 3.05) is 38.8 Å². The molecule has 1 aliphatic heterocycles. The van der Waals surface area contributed by atoms with E-state index in [-0.39, 0.29) is 36.8 Å². The van der Waals surface area contributed by atoms with Gasteiger partial charge in [-0.1, -0.05) is 24.3 Å². The van der Waals surface area contributed by atoms with E-state index in [1.807, 2.05) is 38.1 Å². The van der Waals surface area contributed by atoms with E-state index in [2.05, 4.69) is 5.32 Å². The highest BCUT2D eigenvalue weighted by molar-refractivity contribution is 8.18. The van der Waals surface area contributed by atoms with E-state index in [1.165, 1.54) is 7.11 Å². The largest absolute Gasteiger partial charge is 0.490 e. The second-order valence-corrected chi connectivity index (χ2v) is 8.11. The average molecular weight is 471 g/mol. The molecule has 8 nitrogen and oxygen atoms in total. The number of aryl methyl sites for hydroxylation is 1. The second-order valence-electron chi connectivity index (χ2n) is 7.12. The minimum atomic E-state index is -0.354. The zero-order valence-electron chi connectivity index (χ0n) is 18.8. The van der Waals surface area contributed by atoms with Crippen LogP contribution in [0.1, 0.15) is 18.1 Å². The van der Waals surface area contributed by atoms with Gasteiger partial charge in [0.1, 0.15) is 0 Å². The number of methoxy groups -OCH3 is 1. The number of anilines is 1. The molecule has 1 aliphatic rings. The summed E-state index contributed by atoms with van der Waals surface area (Å²) < 4.78 is 16.3. The van der Waals surface area contributed by atoms with Gasteiger partial charge in [-0.05, 0) is 61.0 Å². The van der Waals surface area contributed by atoms with Crippen LogP contribution in [0.5, 0.6) is 11.5 Å². The van der Waals surface area contributed by atoms with Crippen LogP contribution in [-0.4, -0.2) is 55.4 Å². The van der Waals surface area contributed by atoms with Gasteiger partial charge in [0, 0.05) is 12.8 Å². The first-order valence-electron chi connectivity index (χ1n) is 10.4. The number of thioether (sulfide) groups is 1. The van der Waals surface area contributed by atoms with E-state index in [9.17, 15) is 14.4 Å². The van der Waals surface area contributed by atoms with Crippen LogP contribution in [0.3, 0.4) is 0 Å². The molecule has 3 rings (SSSR count). The van der Waals surface area contributed by atoms with Gasteiger partial charge in [0.15, 0.2) is 18.1 Å². The zero-order valence-corrected chi connectivity index (χ0v) is 19.6. The monoisotopic (exact) mass is 470 g/mol. The Morgan fingerprint density at radius 3 is 2.64 bits per heavy atom. The highest BCUT2D eigenvalue weighted by atomic mass is 32.2. The molecule has 0 radical (unpaired) electrons. The summed E-state index contributed by atoms with van der Waals surface area (Å²) in [7, 11) is 1.51. The lowest BCUT2D eigenvalue weighted by Gasteiger charge is -2.13. The number of hydrogen-bond acceptors (Lipinski definition) is 7. The minimum absolute atomic E-state index is 0.188. The Morgan fingerprint density at radius 2 is 1.91 bits per heavy atom. The van der Waals surface area contributed by atoms with Crippen molar-refractivity contribution in [1.29, 1.82) is 0 Å². The van der Waals surface area contributed by atoms with Crippen LogP contribution in [-0.2, 0) is 14.3 Å². The van der Waals surface area contributed by atoms with Gasteiger partial charge in [-0.15, -0.1) is 0 Å². The van der Waals surface area contributed by atoms with Gasteiger partial charge in [-0.25, -0.2) is 0 Å². The van der Waals surface area contributed by atoms with E-state index >= 15 is 0 Å². The van der Waals surface area contributed by atoms with Gasteiger partial charge in [0.05, 0.1) is 24.7 Å². The highest BCUT2D eigenvalue weighted by Crippen LogP contribution is 2.34. The Balaban J connectivity index is 1.69. The first-order valence-corrected chi connectivity index (χ1v) is 11.2. The van der Waals surface area contributed by atoms with Gasteiger partial charge in [-0.2, -0.15) is 0 Å². The fourth-order valence-corrected chi connectivity index (χ4v) is 3.94. The van der Waals surface area contributed by atoms with Crippen molar-refractivity contribution in [3.63, 3.8) is 0 Å². The van der Waals surface area contributed by atoms with Crippen molar-refractivity contribution >= 4 is 40.6 Å². The summed E-state index contributed by atoms with van der Waals surface area (Å²) in [6.45, 7) is 4.44. The van der Waals surface area contributed by atoms with Gasteiger partial charge in [0.2, 0.25) is 0 Å². The van der Waals surface area contributed by atoms with Gasteiger partial charge in [-0.3, -0.25) is 19.3 Å². The van der Waals surface area contributed by atoms with Gasteiger partial charge < -0.3 is 19.5 Å². The molecule has 2 aromatic carbocycles. The third kappa shape index (κ3) is 6.36. The molecular weight excluding hydrogens is 444 g/mol. The van der Waals surface area contributed by atoms with Crippen LogP contribution in [0.15, 0.2) is 47.4 Å². The molecule has 1 saturated heterocycles. The Kier molecular flexibility index (Phi) is 8.51. The van der Waals surface area contributed by atoms with E-state index in [1.54, 1.807) is 24.3 Å². The van der Waals surface area contributed by atoms with E-state index < -0.39 is 0 Å². The average Bonchev–Trinajstić information content (AvgIpc) is 3.05. The normalized spacial score (nSPS) is 14.6. The summed E-state index contributed by atoms with van der Waals surface area (Å²) >= 11 is 0.885. The summed E-state index contributed by atoms with van der Waals surface area (Å²) in [6, 6.07) is 12.6. The first kappa shape index (κ1) is 24.3.